The van der Waals surface area contributed by atoms with Gasteiger partial charge in [0.2, 0.25) is 5.91 Å². The van der Waals surface area contributed by atoms with Crippen molar-refractivity contribution >= 4 is 28.4 Å². The molecular weight excluding hydrogens is 379 g/mol. The van der Waals surface area contributed by atoms with Gasteiger partial charge < -0.3 is 4.90 Å². The number of nitrogens with zero attached hydrogens (tertiary/aromatic N) is 4. The van der Waals surface area contributed by atoms with E-state index in [4.69, 9.17) is 11.6 Å². The molecule has 0 aliphatic carbocycles. The molecule has 0 saturated carbocycles. The second-order valence-electron chi connectivity index (χ2n) is 7.07. The van der Waals surface area contributed by atoms with Gasteiger partial charge in [0.25, 0.3) is 0 Å². The highest BCUT2D eigenvalue weighted by atomic mass is 35.5. The molecule has 1 aliphatic rings. The molecule has 1 aromatic heterocycles. The predicted molar refractivity (Wildman–Crippen MR) is 108 cm³/mol. The zero-order valence-corrected chi connectivity index (χ0v) is 16.3. The van der Waals surface area contributed by atoms with E-state index >= 15 is 0 Å². The number of hydrogen-bond acceptors (Lipinski definition) is 3. The van der Waals surface area contributed by atoms with Crippen LogP contribution in [0.25, 0.3) is 10.9 Å². The molecule has 7 heteroatoms. The third kappa shape index (κ3) is 4.18. The molecule has 0 bridgehead atoms. The van der Waals surface area contributed by atoms with Gasteiger partial charge in [0, 0.05) is 44.5 Å². The summed E-state index contributed by atoms with van der Waals surface area (Å²) in [6.07, 6.45) is 0.395. The third-order valence-electron chi connectivity index (χ3n) is 5.17. The van der Waals surface area contributed by atoms with Crippen LogP contribution in [0, 0.1) is 5.82 Å². The molecule has 0 N–H and O–H groups in total. The van der Waals surface area contributed by atoms with E-state index in [2.05, 4.69) is 10.00 Å². The van der Waals surface area contributed by atoms with E-state index in [1.165, 1.54) is 6.07 Å². The van der Waals surface area contributed by atoms with Gasteiger partial charge in [-0.2, -0.15) is 5.10 Å². The number of fused-ring (bicyclic) bond motifs is 1. The Hall–Kier alpha value is -2.44. The highest BCUT2D eigenvalue weighted by molar-refractivity contribution is 6.34. The Balaban J connectivity index is 1.29. The maximum Gasteiger partial charge on any atom is 0.224 e. The van der Waals surface area contributed by atoms with Crippen LogP contribution in [-0.4, -0.2) is 51.7 Å². The van der Waals surface area contributed by atoms with E-state index < -0.39 is 0 Å². The first-order valence-electron chi connectivity index (χ1n) is 9.46. The molecular formula is C21H22ClFN4O. The number of benzene rings is 2. The zero-order valence-electron chi connectivity index (χ0n) is 15.5. The maximum absolute atomic E-state index is 13.3. The van der Waals surface area contributed by atoms with E-state index in [0.717, 1.165) is 29.6 Å². The molecule has 2 aromatic carbocycles. The lowest BCUT2D eigenvalue weighted by Crippen LogP contribution is -2.48. The van der Waals surface area contributed by atoms with Crippen LogP contribution in [-0.2, 0) is 17.9 Å². The average Bonchev–Trinajstić information content (AvgIpc) is 3.03. The van der Waals surface area contributed by atoms with Crippen LogP contribution in [0.15, 0.2) is 48.5 Å². The molecule has 0 radical (unpaired) electrons. The Morgan fingerprint density at radius 2 is 1.86 bits per heavy atom. The molecule has 1 fully saturated rings. The van der Waals surface area contributed by atoms with Gasteiger partial charge in [0.1, 0.15) is 5.82 Å². The van der Waals surface area contributed by atoms with Crippen LogP contribution in [0.4, 0.5) is 4.39 Å². The number of aryl methyl sites for hydroxylation is 1. The maximum atomic E-state index is 13.3. The number of carbonyl (C=O) groups excluding carboxylic acids is 1. The summed E-state index contributed by atoms with van der Waals surface area (Å²) in [6, 6.07) is 14.4. The number of carbonyl (C=O) groups is 1. The van der Waals surface area contributed by atoms with Crippen molar-refractivity contribution < 1.29 is 9.18 Å². The number of piperazine rings is 1. The van der Waals surface area contributed by atoms with Crippen LogP contribution in [0.3, 0.4) is 0 Å². The third-order valence-corrected chi connectivity index (χ3v) is 5.45. The van der Waals surface area contributed by atoms with Crippen molar-refractivity contribution in [3.05, 3.63) is 65.1 Å². The molecule has 0 spiro atoms. The van der Waals surface area contributed by atoms with Gasteiger partial charge in [0.05, 0.1) is 12.1 Å². The van der Waals surface area contributed by atoms with Crippen LogP contribution in [0.5, 0.6) is 0 Å². The number of rotatable bonds is 5. The SMILES string of the molecule is O=C(CCn1nc(Cl)c2ccccc21)N1CCN(Cc2cccc(F)c2)CC1. The fourth-order valence-corrected chi connectivity index (χ4v) is 3.92. The van der Waals surface area contributed by atoms with Crippen LogP contribution < -0.4 is 0 Å². The van der Waals surface area contributed by atoms with Gasteiger partial charge in [0.15, 0.2) is 5.15 Å². The minimum Gasteiger partial charge on any atom is -0.340 e. The molecule has 5 nitrogen and oxygen atoms in total. The fraction of sp³-hybridized carbons (Fsp3) is 0.333. The summed E-state index contributed by atoms with van der Waals surface area (Å²) in [5.74, 6) is -0.0846. The van der Waals surface area contributed by atoms with Gasteiger partial charge >= 0.3 is 0 Å². The Bertz CT molecular complexity index is 981. The summed E-state index contributed by atoms with van der Waals surface area (Å²) in [7, 11) is 0. The van der Waals surface area contributed by atoms with Gasteiger partial charge in [-0.1, -0.05) is 35.9 Å². The average molecular weight is 401 g/mol. The number of halogens is 2. The minimum atomic E-state index is -0.211. The Labute approximate surface area is 168 Å². The predicted octanol–water partition coefficient (Wildman–Crippen LogP) is 3.56. The molecule has 2 heterocycles. The highest BCUT2D eigenvalue weighted by Crippen LogP contribution is 2.22. The summed E-state index contributed by atoms with van der Waals surface area (Å²) < 4.78 is 15.1. The van der Waals surface area contributed by atoms with Gasteiger partial charge in [-0.3, -0.25) is 14.4 Å². The quantitative estimate of drug-likeness (QED) is 0.657. The second kappa shape index (κ2) is 8.29. The monoisotopic (exact) mass is 400 g/mol. The summed E-state index contributed by atoms with van der Waals surface area (Å²) >= 11 is 6.18. The zero-order chi connectivity index (χ0) is 19.5. The summed E-state index contributed by atoms with van der Waals surface area (Å²) in [6.45, 7) is 4.17. The molecule has 1 amide bonds. The fourth-order valence-electron chi connectivity index (χ4n) is 3.67. The van der Waals surface area contributed by atoms with Crippen LogP contribution >= 0.6 is 11.6 Å². The van der Waals surface area contributed by atoms with E-state index in [9.17, 15) is 9.18 Å². The van der Waals surface area contributed by atoms with Crippen molar-refractivity contribution in [1.29, 1.82) is 0 Å². The normalized spacial score (nSPS) is 15.3. The topological polar surface area (TPSA) is 41.4 Å². The first-order valence-corrected chi connectivity index (χ1v) is 9.83. The van der Waals surface area contributed by atoms with E-state index in [0.29, 0.717) is 37.8 Å². The Morgan fingerprint density at radius 1 is 1.07 bits per heavy atom. The smallest absolute Gasteiger partial charge is 0.224 e. The first-order chi connectivity index (χ1) is 13.6. The largest absolute Gasteiger partial charge is 0.340 e. The van der Waals surface area contributed by atoms with E-state index in [1.54, 1.807) is 16.8 Å². The van der Waals surface area contributed by atoms with E-state index in [1.807, 2.05) is 35.2 Å². The summed E-state index contributed by atoms with van der Waals surface area (Å²) in [4.78, 5) is 16.8. The minimum absolute atomic E-state index is 0.126. The Kier molecular flexibility index (Phi) is 5.59. The molecule has 1 aliphatic heterocycles. The van der Waals surface area contributed by atoms with Crippen molar-refractivity contribution in [3.8, 4) is 0 Å². The lowest BCUT2D eigenvalue weighted by Gasteiger charge is -2.34. The lowest BCUT2D eigenvalue weighted by molar-refractivity contribution is -0.133. The first kappa shape index (κ1) is 18.9. The highest BCUT2D eigenvalue weighted by Gasteiger charge is 2.21. The molecule has 4 rings (SSSR count). The van der Waals surface area contributed by atoms with Crippen molar-refractivity contribution in [2.75, 3.05) is 26.2 Å². The van der Waals surface area contributed by atoms with Crippen LogP contribution in [0.2, 0.25) is 5.15 Å². The number of aromatic nitrogens is 2. The number of para-hydroxylation sites is 1. The van der Waals surface area contributed by atoms with Crippen molar-refractivity contribution in [2.24, 2.45) is 0 Å². The van der Waals surface area contributed by atoms with Crippen molar-refractivity contribution in [3.63, 3.8) is 0 Å². The van der Waals surface area contributed by atoms with Gasteiger partial charge in [-0.25, -0.2) is 4.39 Å². The van der Waals surface area contributed by atoms with Crippen molar-refractivity contribution in [2.45, 2.75) is 19.5 Å². The standard InChI is InChI=1S/C21H22ClFN4O/c22-21-18-6-1-2-7-19(18)27(24-21)9-8-20(28)26-12-10-25(11-13-26)15-16-4-3-5-17(23)14-16/h1-7,14H,8-13,15H2. The van der Waals surface area contributed by atoms with Crippen LogP contribution in [0.1, 0.15) is 12.0 Å². The van der Waals surface area contributed by atoms with Gasteiger partial charge in [-0.05, 0) is 29.8 Å². The number of hydrogen-bond donors (Lipinski definition) is 0. The molecule has 3 aromatic rings. The molecule has 0 atom stereocenters. The van der Waals surface area contributed by atoms with Crippen molar-refractivity contribution in [1.82, 2.24) is 19.6 Å². The Morgan fingerprint density at radius 3 is 2.64 bits per heavy atom. The number of amides is 1. The molecule has 146 valence electrons. The van der Waals surface area contributed by atoms with Gasteiger partial charge in [-0.15, -0.1) is 0 Å². The molecule has 0 unspecified atom stereocenters. The second-order valence-corrected chi connectivity index (χ2v) is 7.43. The summed E-state index contributed by atoms with van der Waals surface area (Å²) in [5.41, 5.74) is 1.91. The lowest BCUT2D eigenvalue weighted by atomic mass is 10.2. The summed E-state index contributed by atoms with van der Waals surface area (Å²) in [5, 5.41) is 5.72. The molecule has 28 heavy (non-hydrogen) atoms. The molecule has 1 saturated heterocycles. The van der Waals surface area contributed by atoms with E-state index in [-0.39, 0.29) is 11.7 Å².